The fourth-order valence-electron chi connectivity index (χ4n) is 1.73. The smallest absolute Gasteiger partial charge is 0.313 e. The van der Waals surface area contributed by atoms with Crippen LogP contribution in [0.25, 0.3) is 0 Å². The van der Waals surface area contributed by atoms with Crippen LogP contribution in [0.2, 0.25) is 0 Å². The molecule has 0 aromatic carbocycles. The minimum Gasteiger partial charge on any atom is -0.481 e. The molecule has 1 aromatic rings. The predicted molar refractivity (Wildman–Crippen MR) is 70.3 cm³/mol. The largest absolute Gasteiger partial charge is 0.481 e. The van der Waals surface area contributed by atoms with Crippen molar-refractivity contribution in [2.45, 2.75) is 23.8 Å². The summed E-state index contributed by atoms with van der Waals surface area (Å²) >= 11 is 2.57. The van der Waals surface area contributed by atoms with E-state index in [2.05, 4.69) is 22.4 Å². The molecule has 0 amide bonds. The Kier molecular flexibility index (Phi) is 4.79. The van der Waals surface area contributed by atoms with Crippen LogP contribution in [-0.2, 0) is 9.53 Å². The number of aromatic nitrogens is 2. The van der Waals surface area contributed by atoms with E-state index in [1.165, 1.54) is 23.1 Å². The first-order chi connectivity index (χ1) is 8.65. The van der Waals surface area contributed by atoms with Gasteiger partial charge in [0.1, 0.15) is 0 Å². The zero-order valence-electron chi connectivity index (χ0n) is 9.96. The van der Waals surface area contributed by atoms with Gasteiger partial charge >= 0.3 is 5.97 Å². The standard InChI is InChI=1S/C10H15N3O3S2/c1-6-7(2-3-16-6)4-11-9-12-13-10(18-9)17-5-8(14)15/h6-7H,2-5H2,1H3,(H,11,12)(H,14,15). The molecule has 1 aromatic heterocycles. The summed E-state index contributed by atoms with van der Waals surface area (Å²) in [6.45, 7) is 3.72. The third-order valence-electron chi connectivity index (χ3n) is 2.77. The maximum absolute atomic E-state index is 10.4. The van der Waals surface area contributed by atoms with Gasteiger partial charge in [0.05, 0.1) is 11.9 Å². The first kappa shape index (κ1) is 13.6. The predicted octanol–water partition coefficient (Wildman–Crippen LogP) is 1.55. The Morgan fingerprint density at radius 2 is 2.50 bits per heavy atom. The van der Waals surface area contributed by atoms with Gasteiger partial charge in [0.2, 0.25) is 5.13 Å². The molecule has 1 aliphatic heterocycles. The number of hydrogen-bond donors (Lipinski definition) is 2. The maximum atomic E-state index is 10.4. The van der Waals surface area contributed by atoms with Crippen molar-refractivity contribution in [2.75, 3.05) is 24.2 Å². The van der Waals surface area contributed by atoms with Crippen LogP contribution in [0, 0.1) is 5.92 Å². The second kappa shape index (κ2) is 6.35. The fraction of sp³-hybridized carbons (Fsp3) is 0.700. The Morgan fingerprint density at radius 1 is 1.67 bits per heavy atom. The molecule has 2 heterocycles. The van der Waals surface area contributed by atoms with Crippen LogP contribution in [-0.4, -0.2) is 46.3 Å². The molecule has 100 valence electrons. The molecule has 2 N–H and O–H groups in total. The Balaban J connectivity index is 1.77. The third-order valence-corrected chi connectivity index (χ3v) is 4.77. The Bertz CT molecular complexity index is 413. The van der Waals surface area contributed by atoms with Crippen LogP contribution in [0.5, 0.6) is 0 Å². The van der Waals surface area contributed by atoms with Crippen molar-refractivity contribution in [3.05, 3.63) is 0 Å². The number of nitrogens with one attached hydrogen (secondary N) is 1. The van der Waals surface area contributed by atoms with Crippen LogP contribution in [0.3, 0.4) is 0 Å². The number of thioether (sulfide) groups is 1. The van der Waals surface area contributed by atoms with Gasteiger partial charge in [-0.1, -0.05) is 23.1 Å². The number of ether oxygens (including phenoxy) is 1. The normalized spacial score (nSPS) is 23.2. The fourth-order valence-corrected chi connectivity index (χ4v) is 3.20. The molecule has 6 nitrogen and oxygen atoms in total. The molecule has 2 rings (SSSR count). The second-order valence-corrected chi connectivity index (χ2v) is 6.26. The molecule has 18 heavy (non-hydrogen) atoms. The van der Waals surface area contributed by atoms with Crippen molar-refractivity contribution in [3.8, 4) is 0 Å². The molecule has 2 atom stereocenters. The lowest BCUT2D eigenvalue weighted by Gasteiger charge is -2.13. The molecule has 1 aliphatic rings. The monoisotopic (exact) mass is 289 g/mol. The van der Waals surface area contributed by atoms with E-state index in [1.807, 2.05) is 0 Å². The second-order valence-electron chi connectivity index (χ2n) is 4.06. The highest BCUT2D eigenvalue weighted by Gasteiger charge is 2.24. The maximum Gasteiger partial charge on any atom is 0.313 e. The van der Waals surface area contributed by atoms with Crippen molar-refractivity contribution in [1.82, 2.24) is 10.2 Å². The molecule has 1 saturated heterocycles. The number of nitrogens with zero attached hydrogens (tertiary/aromatic N) is 2. The van der Waals surface area contributed by atoms with Crippen LogP contribution in [0.1, 0.15) is 13.3 Å². The van der Waals surface area contributed by atoms with Crippen molar-refractivity contribution in [1.29, 1.82) is 0 Å². The summed E-state index contributed by atoms with van der Waals surface area (Å²) in [6.07, 6.45) is 1.35. The SMILES string of the molecule is CC1OCCC1CNc1nnc(SCC(=O)O)s1. The number of anilines is 1. The highest BCUT2D eigenvalue weighted by molar-refractivity contribution is 8.01. The van der Waals surface area contributed by atoms with Gasteiger partial charge in [0.15, 0.2) is 4.34 Å². The average molecular weight is 289 g/mol. The minimum absolute atomic E-state index is 0.0160. The van der Waals surface area contributed by atoms with E-state index < -0.39 is 5.97 Å². The number of rotatable bonds is 6. The van der Waals surface area contributed by atoms with E-state index >= 15 is 0 Å². The Hall–Kier alpha value is -0.860. The molecule has 0 radical (unpaired) electrons. The summed E-state index contributed by atoms with van der Waals surface area (Å²) in [5.74, 6) is -0.326. The molecule has 0 bridgehead atoms. The van der Waals surface area contributed by atoms with Crippen LogP contribution >= 0.6 is 23.1 Å². The van der Waals surface area contributed by atoms with Crippen LogP contribution in [0.15, 0.2) is 4.34 Å². The van der Waals surface area contributed by atoms with Gasteiger partial charge in [-0.15, -0.1) is 10.2 Å². The quantitative estimate of drug-likeness (QED) is 0.769. The van der Waals surface area contributed by atoms with Crippen molar-refractivity contribution < 1.29 is 14.6 Å². The number of carboxylic acids is 1. The van der Waals surface area contributed by atoms with E-state index in [9.17, 15) is 4.79 Å². The van der Waals surface area contributed by atoms with Crippen LogP contribution < -0.4 is 5.32 Å². The van der Waals surface area contributed by atoms with E-state index in [0.717, 1.165) is 24.7 Å². The van der Waals surface area contributed by atoms with Gasteiger partial charge in [-0.3, -0.25) is 4.79 Å². The Labute approximate surface area is 113 Å². The number of carboxylic acid groups (broad SMARTS) is 1. The van der Waals surface area contributed by atoms with E-state index in [4.69, 9.17) is 9.84 Å². The highest BCUT2D eigenvalue weighted by Crippen LogP contribution is 2.26. The molecular formula is C10H15N3O3S2. The first-order valence-corrected chi connectivity index (χ1v) is 7.49. The van der Waals surface area contributed by atoms with Crippen LogP contribution in [0.4, 0.5) is 5.13 Å². The summed E-state index contributed by atoms with van der Waals surface area (Å²) in [5.41, 5.74) is 0. The van der Waals surface area contributed by atoms with Crippen molar-refractivity contribution >= 4 is 34.2 Å². The lowest BCUT2D eigenvalue weighted by molar-refractivity contribution is -0.133. The molecule has 0 saturated carbocycles. The van der Waals surface area contributed by atoms with Crippen molar-refractivity contribution in [2.24, 2.45) is 5.92 Å². The zero-order chi connectivity index (χ0) is 13.0. The average Bonchev–Trinajstić information content (AvgIpc) is 2.93. The molecule has 8 heteroatoms. The first-order valence-electron chi connectivity index (χ1n) is 5.68. The number of aliphatic carboxylic acids is 1. The summed E-state index contributed by atoms with van der Waals surface area (Å²) in [6, 6.07) is 0. The molecule has 1 fully saturated rings. The highest BCUT2D eigenvalue weighted by atomic mass is 32.2. The van der Waals surface area contributed by atoms with Gasteiger partial charge in [0.25, 0.3) is 0 Å². The molecule has 2 unspecified atom stereocenters. The summed E-state index contributed by atoms with van der Waals surface area (Å²) in [4.78, 5) is 10.4. The Morgan fingerprint density at radius 3 is 3.17 bits per heavy atom. The lowest BCUT2D eigenvalue weighted by Crippen LogP contribution is -2.20. The number of hydrogen-bond acceptors (Lipinski definition) is 7. The third kappa shape index (κ3) is 3.82. The van der Waals surface area contributed by atoms with Gasteiger partial charge in [-0.25, -0.2) is 0 Å². The van der Waals surface area contributed by atoms with Gasteiger partial charge < -0.3 is 15.2 Å². The summed E-state index contributed by atoms with van der Waals surface area (Å²) in [7, 11) is 0. The zero-order valence-corrected chi connectivity index (χ0v) is 11.6. The summed E-state index contributed by atoms with van der Waals surface area (Å²) < 4.78 is 6.16. The number of carbonyl (C=O) groups is 1. The molecular weight excluding hydrogens is 274 g/mol. The lowest BCUT2D eigenvalue weighted by atomic mass is 10.0. The van der Waals surface area contributed by atoms with Crippen molar-refractivity contribution in [3.63, 3.8) is 0 Å². The van der Waals surface area contributed by atoms with Gasteiger partial charge in [-0.05, 0) is 13.3 Å². The molecule has 0 aliphatic carbocycles. The minimum atomic E-state index is -0.846. The van der Waals surface area contributed by atoms with E-state index in [0.29, 0.717) is 10.3 Å². The van der Waals surface area contributed by atoms with E-state index in [1.54, 1.807) is 0 Å². The molecule has 0 spiro atoms. The van der Waals surface area contributed by atoms with Gasteiger partial charge in [-0.2, -0.15) is 0 Å². The topological polar surface area (TPSA) is 84.3 Å². The summed E-state index contributed by atoms with van der Waals surface area (Å²) in [5, 5.41) is 20.4. The van der Waals surface area contributed by atoms with E-state index in [-0.39, 0.29) is 11.9 Å². The van der Waals surface area contributed by atoms with Gasteiger partial charge in [0, 0.05) is 19.1 Å².